The predicted octanol–water partition coefficient (Wildman–Crippen LogP) is 1.55. The highest BCUT2D eigenvalue weighted by molar-refractivity contribution is 5.79. The number of hydrogen-bond donors (Lipinski definition) is 1. The van der Waals surface area contributed by atoms with Gasteiger partial charge in [0.15, 0.2) is 11.6 Å². The number of rotatable bonds is 5. The topological polar surface area (TPSA) is 112 Å². The lowest BCUT2D eigenvalue weighted by Crippen LogP contribution is -2.36. The van der Waals surface area contributed by atoms with Crippen molar-refractivity contribution in [3.05, 3.63) is 18.6 Å². The van der Waals surface area contributed by atoms with Gasteiger partial charge in [0.2, 0.25) is 11.9 Å². The van der Waals surface area contributed by atoms with E-state index in [1.54, 1.807) is 24.2 Å². The van der Waals surface area contributed by atoms with Crippen molar-refractivity contribution in [2.45, 2.75) is 20.3 Å². The van der Waals surface area contributed by atoms with E-state index in [1.165, 1.54) is 0 Å². The molecular formula is C20H26N8O2. The molecule has 0 bridgehead atoms. The van der Waals surface area contributed by atoms with Gasteiger partial charge >= 0.3 is 0 Å². The molecule has 1 N–H and O–H groups in total. The number of carbonyl (C=O) groups excluding carboxylic acids is 1. The van der Waals surface area contributed by atoms with E-state index in [9.17, 15) is 4.79 Å². The molecule has 4 heterocycles. The lowest BCUT2D eigenvalue weighted by molar-refractivity contribution is -0.129. The summed E-state index contributed by atoms with van der Waals surface area (Å²) in [6.45, 7) is 7.15. The van der Waals surface area contributed by atoms with Gasteiger partial charge in [0.25, 0.3) is 0 Å². The highest BCUT2D eigenvalue weighted by Crippen LogP contribution is 2.53. The van der Waals surface area contributed by atoms with Crippen LogP contribution in [0.2, 0.25) is 0 Å². The number of amides is 1. The lowest BCUT2D eigenvalue weighted by Gasteiger charge is -2.29. The molecule has 1 amide bonds. The van der Waals surface area contributed by atoms with Crippen LogP contribution < -0.4 is 15.0 Å². The van der Waals surface area contributed by atoms with Gasteiger partial charge in [-0.3, -0.25) is 9.48 Å². The van der Waals surface area contributed by atoms with Crippen LogP contribution >= 0.6 is 0 Å². The van der Waals surface area contributed by atoms with Gasteiger partial charge in [0, 0.05) is 50.3 Å². The summed E-state index contributed by atoms with van der Waals surface area (Å²) in [4.78, 5) is 25.4. The van der Waals surface area contributed by atoms with Gasteiger partial charge in [-0.2, -0.15) is 15.3 Å². The molecule has 2 aromatic heterocycles. The molecule has 4 rings (SSSR count). The first-order valence-corrected chi connectivity index (χ1v) is 9.83. The van der Waals surface area contributed by atoms with E-state index < -0.39 is 0 Å². The zero-order valence-electron chi connectivity index (χ0n) is 17.7. The molecule has 0 unspecified atom stereocenters. The van der Waals surface area contributed by atoms with Crippen LogP contribution in [-0.2, 0) is 11.8 Å². The molecule has 158 valence electrons. The third-order valence-electron chi connectivity index (χ3n) is 6.42. The standard InChI is InChI=1S/C20H26N8O2/c1-19-10-27(16(29)5-6-21)11-20(19,2)13-28(12-19)17-15(30-4)8-22-18(25-17)24-14-7-23-26(3)9-14/h7-9H,5,10-13H2,1-4H3,(H,22,24,25)/t19-,20+. The maximum absolute atomic E-state index is 12.3. The Morgan fingerprint density at radius 3 is 2.53 bits per heavy atom. The number of nitriles is 1. The summed E-state index contributed by atoms with van der Waals surface area (Å²) in [5, 5.41) is 16.2. The Morgan fingerprint density at radius 1 is 1.27 bits per heavy atom. The van der Waals surface area contributed by atoms with Crippen LogP contribution in [0.3, 0.4) is 0 Å². The van der Waals surface area contributed by atoms with Gasteiger partial charge in [-0.05, 0) is 0 Å². The Hall–Kier alpha value is -3.35. The summed E-state index contributed by atoms with van der Waals surface area (Å²) in [5.41, 5.74) is 0.591. The Balaban J connectivity index is 1.57. The second-order valence-corrected chi connectivity index (χ2v) is 8.68. The Bertz CT molecular complexity index is 994. The van der Waals surface area contributed by atoms with E-state index in [0.717, 1.165) is 24.6 Å². The third-order valence-corrected chi connectivity index (χ3v) is 6.42. The largest absolute Gasteiger partial charge is 0.491 e. The number of likely N-dealkylation sites (tertiary alicyclic amines) is 1. The first-order chi connectivity index (χ1) is 14.3. The Morgan fingerprint density at radius 2 is 1.97 bits per heavy atom. The normalized spacial score (nSPS) is 25.2. The van der Waals surface area contributed by atoms with Crippen LogP contribution in [0.1, 0.15) is 20.3 Å². The maximum atomic E-state index is 12.3. The summed E-state index contributed by atoms with van der Waals surface area (Å²) < 4.78 is 7.24. The molecule has 2 aromatic rings. The van der Waals surface area contributed by atoms with Crippen molar-refractivity contribution < 1.29 is 9.53 Å². The van der Waals surface area contributed by atoms with Crippen LogP contribution in [0.4, 0.5) is 17.5 Å². The van der Waals surface area contributed by atoms with E-state index in [0.29, 0.717) is 24.8 Å². The van der Waals surface area contributed by atoms with Crippen molar-refractivity contribution >= 4 is 23.4 Å². The van der Waals surface area contributed by atoms with E-state index in [-0.39, 0.29) is 23.2 Å². The quantitative estimate of drug-likeness (QED) is 0.790. The minimum absolute atomic E-state index is 0.0705. The van der Waals surface area contributed by atoms with Gasteiger partial charge in [-0.25, -0.2) is 4.98 Å². The minimum atomic E-state index is -0.106. The average Bonchev–Trinajstić information content (AvgIpc) is 3.29. The van der Waals surface area contributed by atoms with Crippen LogP contribution in [0.25, 0.3) is 0 Å². The van der Waals surface area contributed by atoms with Gasteiger partial charge in [-0.15, -0.1) is 0 Å². The molecule has 30 heavy (non-hydrogen) atoms. The van der Waals surface area contributed by atoms with E-state index in [1.807, 2.05) is 24.2 Å². The fourth-order valence-corrected chi connectivity index (χ4v) is 4.57. The maximum Gasteiger partial charge on any atom is 0.236 e. The van der Waals surface area contributed by atoms with Crippen molar-refractivity contribution in [3.8, 4) is 11.8 Å². The zero-order valence-corrected chi connectivity index (χ0v) is 17.7. The molecule has 0 radical (unpaired) electrons. The number of carbonyl (C=O) groups is 1. The Kier molecular flexibility index (Phi) is 4.76. The third kappa shape index (κ3) is 3.30. The fraction of sp³-hybridized carbons (Fsp3) is 0.550. The predicted molar refractivity (Wildman–Crippen MR) is 110 cm³/mol. The highest BCUT2D eigenvalue weighted by Gasteiger charge is 2.58. The van der Waals surface area contributed by atoms with Crippen LogP contribution in [0.5, 0.6) is 5.75 Å². The van der Waals surface area contributed by atoms with Crippen LogP contribution in [0, 0.1) is 22.2 Å². The minimum Gasteiger partial charge on any atom is -0.491 e. The molecule has 10 heteroatoms. The Labute approximate surface area is 175 Å². The molecule has 0 aromatic carbocycles. The van der Waals surface area contributed by atoms with E-state index in [2.05, 4.69) is 34.1 Å². The number of aryl methyl sites for hydroxylation is 1. The average molecular weight is 410 g/mol. The number of hydrogen-bond acceptors (Lipinski definition) is 8. The summed E-state index contributed by atoms with van der Waals surface area (Å²) in [6.07, 6.45) is 5.16. The molecular weight excluding hydrogens is 384 g/mol. The summed E-state index contributed by atoms with van der Waals surface area (Å²) in [5.74, 6) is 1.71. The molecule has 2 atom stereocenters. The van der Waals surface area contributed by atoms with Crippen molar-refractivity contribution in [1.29, 1.82) is 5.26 Å². The highest BCUT2D eigenvalue weighted by atomic mass is 16.5. The smallest absolute Gasteiger partial charge is 0.236 e. The molecule has 2 aliphatic heterocycles. The van der Waals surface area contributed by atoms with Gasteiger partial charge < -0.3 is 19.9 Å². The first-order valence-electron chi connectivity index (χ1n) is 9.83. The number of nitrogens with zero attached hydrogens (tertiary/aromatic N) is 7. The lowest BCUT2D eigenvalue weighted by atomic mass is 9.71. The number of nitrogens with one attached hydrogen (secondary N) is 1. The van der Waals surface area contributed by atoms with Gasteiger partial charge in [0.05, 0.1) is 31.3 Å². The zero-order chi connectivity index (χ0) is 21.5. The number of ether oxygens (including phenoxy) is 1. The molecule has 2 saturated heterocycles. The number of anilines is 3. The SMILES string of the molecule is COc1cnc(Nc2cnn(C)c2)nc1N1C[C@]2(C)CN(C(=O)CC#N)C[C@]2(C)C1. The number of aromatic nitrogens is 4. The molecule has 10 nitrogen and oxygen atoms in total. The monoisotopic (exact) mass is 410 g/mol. The van der Waals surface area contributed by atoms with Crippen molar-refractivity contribution in [3.63, 3.8) is 0 Å². The molecule has 2 fully saturated rings. The van der Waals surface area contributed by atoms with E-state index >= 15 is 0 Å². The van der Waals surface area contributed by atoms with Crippen LogP contribution in [0.15, 0.2) is 18.6 Å². The summed E-state index contributed by atoms with van der Waals surface area (Å²) in [6, 6.07) is 1.96. The summed E-state index contributed by atoms with van der Waals surface area (Å²) in [7, 11) is 3.46. The molecule has 0 spiro atoms. The van der Waals surface area contributed by atoms with Crippen LogP contribution in [-0.4, -0.2) is 63.8 Å². The van der Waals surface area contributed by atoms with E-state index in [4.69, 9.17) is 15.0 Å². The molecule has 0 aliphatic carbocycles. The fourth-order valence-electron chi connectivity index (χ4n) is 4.57. The first kappa shape index (κ1) is 19.9. The molecule has 0 saturated carbocycles. The second-order valence-electron chi connectivity index (χ2n) is 8.68. The van der Waals surface area contributed by atoms with Gasteiger partial charge in [-0.1, -0.05) is 13.8 Å². The second kappa shape index (κ2) is 7.16. The van der Waals surface area contributed by atoms with Gasteiger partial charge in [0.1, 0.15) is 6.42 Å². The summed E-state index contributed by atoms with van der Waals surface area (Å²) >= 11 is 0. The number of fused-ring (bicyclic) bond motifs is 1. The van der Waals surface area contributed by atoms with Crippen molar-refractivity contribution in [1.82, 2.24) is 24.6 Å². The molecule has 2 aliphatic rings. The van der Waals surface area contributed by atoms with Crippen molar-refractivity contribution in [2.75, 3.05) is 43.5 Å². The van der Waals surface area contributed by atoms with Crippen molar-refractivity contribution in [2.24, 2.45) is 17.9 Å². The number of methoxy groups -OCH3 is 1.